The molecule has 82 valence electrons. The van der Waals surface area contributed by atoms with E-state index in [0.29, 0.717) is 11.3 Å². The SMILES string of the molecule is O=c1cc(CF)ccn1-c1ccc(O)cc1. The molecule has 0 bridgehead atoms. The number of aromatic nitrogens is 1. The molecule has 0 saturated carbocycles. The van der Waals surface area contributed by atoms with Crippen LogP contribution in [-0.2, 0) is 6.67 Å². The van der Waals surface area contributed by atoms with Gasteiger partial charge in [0.15, 0.2) is 0 Å². The van der Waals surface area contributed by atoms with Gasteiger partial charge in [0.25, 0.3) is 5.56 Å². The van der Waals surface area contributed by atoms with Crippen LogP contribution in [0.25, 0.3) is 5.69 Å². The Kier molecular flexibility index (Phi) is 2.72. The molecule has 3 nitrogen and oxygen atoms in total. The van der Waals surface area contributed by atoms with E-state index in [1.807, 2.05) is 0 Å². The van der Waals surface area contributed by atoms with E-state index in [4.69, 9.17) is 5.11 Å². The topological polar surface area (TPSA) is 42.2 Å². The van der Waals surface area contributed by atoms with Crippen LogP contribution in [0.1, 0.15) is 5.56 Å². The minimum Gasteiger partial charge on any atom is -0.508 e. The molecule has 1 aromatic heterocycles. The Morgan fingerprint density at radius 1 is 1.19 bits per heavy atom. The number of aromatic hydroxyl groups is 1. The average molecular weight is 219 g/mol. The van der Waals surface area contributed by atoms with Crippen LogP contribution in [0.3, 0.4) is 0 Å². The smallest absolute Gasteiger partial charge is 0.255 e. The van der Waals surface area contributed by atoms with Crippen molar-refractivity contribution in [2.45, 2.75) is 6.67 Å². The number of hydrogen-bond donors (Lipinski definition) is 1. The maximum Gasteiger partial charge on any atom is 0.255 e. The predicted molar refractivity (Wildman–Crippen MR) is 58.5 cm³/mol. The summed E-state index contributed by atoms with van der Waals surface area (Å²) >= 11 is 0. The number of hydrogen-bond acceptors (Lipinski definition) is 2. The summed E-state index contributed by atoms with van der Waals surface area (Å²) in [5.41, 5.74) is 0.703. The van der Waals surface area contributed by atoms with Gasteiger partial charge in [-0.05, 0) is 35.9 Å². The Bertz CT molecular complexity index is 546. The summed E-state index contributed by atoms with van der Waals surface area (Å²) in [4.78, 5) is 11.6. The number of pyridine rings is 1. The number of nitrogens with zero attached hydrogens (tertiary/aromatic N) is 1. The van der Waals surface area contributed by atoms with Crippen molar-refractivity contribution < 1.29 is 9.50 Å². The molecule has 0 saturated heterocycles. The quantitative estimate of drug-likeness (QED) is 0.839. The Labute approximate surface area is 91.4 Å². The van der Waals surface area contributed by atoms with Crippen molar-refractivity contribution in [3.63, 3.8) is 0 Å². The van der Waals surface area contributed by atoms with E-state index in [1.54, 1.807) is 18.2 Å². The standard InChI is InChI=1S/C12H10FNO2/c13-8-9-5-6-14(12(16)7-9)10-1-3-11(15)4-2-10/h1-7,15H,8H2. The van der Waals surface area contributed by atoms with Crippen molar-refractivity contribution >= 4 is 0 Å². The van der Waals surface area contributed by atoms with Crippen LogP contribution in [0.5, 0.6) is 5.75 Å². The summed E-state index contributed by atoms with van der Waals surface area (Å²) in [5.74, 6) is 0.136. The van der Waals surface area contributed by atoms with Gasteiger partial charge in [-0.2, -0.15) is 0 Å². The molecule has 1 aromatic carbocycles. The number of phenolic OH excluding ortho intramolecular Hbond substituents is 1. The molecular formula is C12H10FNO2. The van der Waals surface area contributed by atoms with Crippen molar-refractivity contribution in [1.82, 2.24) is 4.57 Å². The van der Waals surface area contributed by atoms with E-state index in [1.165, 1.54) is 29.0 Å². The van der Waals surface area contributed by atoms with Crippen LogP contribution >= 0.6 is 0 Å². The minimum absolute atomic E-state index is 0.136. The van der Waals surface area contributed by atoms with Crippen LogP contribution in [0.4, 0.5) is 4.39 Å². The third kappa shape index (κ3) is 1.95. The Morgan fingerprint density at radius 3 is 2.44 bits per heavy atom. The van der Waals surface area contributed by atoms with Gasteiger partial charge in [0, 0.05) is 18.0 Å². The molecule has 0 fully saturated rings. The number of rotatable bonds is 2. The number of halogens is 1. The van der Waals surface area contributed by atoms with E-state index >= 15 is 0 Å². The molecule has 2 rings (SSSR count). The summed E-state index contributed by atoms with van der Waals surface area (Å²) in [7, 11) is 0. The summed E-state index contributed by atoms with van der Waals surface area (Å²) in [6.45, 7) is -0.647. The third-order valence-electron chi connectivity index (χ3n) is 2.27. The van der Waals surface area contributed by atoms with Gasteiger partial charge in [0.1, 0.15) is 12.4 Å². The van der Waals surface area contributed by atoms with E-state index in [-0.39, 0.29) is 11.3 Å². The van der Waals surface area contributed by atoms with Gasteiger partial charge in [-0.3, -0.25) is 9.36 Å². The third-order valence-corrected chi connectivity index (χ3v) is 2.27. The zero-order chi connectivity index (χ0) is 11.5. The first-order chi connectivity index (χ1) is 7.70. The van der Waals surface area contributed by atoms with Gasteiger partial charge < -0.3 is 5.11 Å². The van der Waals surface area contributed by atoms with Gasteiger partial charge in [-0.25, -0.2) is 4.39 Å². The second kappa shape index (κ2) is 4.18. The number of benzene rings is 1. The summed E-state index contributed by atoms with van der Waals surface area (Å²) < 4.78 is 13.7. The van der Waals surface area contributed by atoms with Crippen molar-refractivity contribution in [2.75, 3.05) is 0 Å². The molecule has 0 unspecified atom stereocenters. The highest BCUT2D eigenvalue weighted by molar-refractivity contribution is 5.37. The van der Waals surface area contributed by atoms with E-state index in [2.05, 4.69) is 0 Å². The summed E-state index contributed by atoms with van der Waals surface area (Å²) in [6, 6.07) is 9.02. The molecule has 1 N–H and O–H groups in total. The van der Waals surface area contributed by atoms with Crippen molar-refractivity contribution in [3.8, 4) is 11.4 Å². The highest BCUT2D eigenvalue weighted by Crippen LogP contribution is 2.12. The Hall–Kier alpha value is -2.10. The van der Waals surface area contributed by atoms with Crippen LogP contribution in [0.15, 0.2) is 47.4 Å². The molecule has 0 amide bonds. The minimum atomic E-state index is -0.647. The lowest BCUT2D eigenvalue weighted by Gasteiger charge is -2.05. The first-order valence-electron chi connectivity index (χ1n) is 4.77. The average Bonchev–Trinajstić information content (AvgIpc) is 2.30. The first-order valence-corrected chi connectivity index (χ1v) is 4.77. The summed E-state index contributed by atoms with van der Waals surface area (Å²) in [5, 5.41) is 9.12. The number of alkyl halides is 1. The lowest BCUT2D eigenvalue weighted by Crippen LogP contribution is -2.16. The molecule has 1 heterocycles. The lowest BCUT2D eigenvalue weighted by molar-refractivity contribution is 0.475. The maximum absolute atomic E-state index is 12.3. The van der Waals surface area contributed by atoms with Crippen LogP contribution < -0.4 is 5.56 Å². The molecular weight excluding hydrogens is 209 g/mol. The van der Waals surface area contributed by atoms with Crippen LogP contribution in [-0.4, -0.2) is 9.67 Å². The van der Waals surface area contributed by atoms with Gasteiger partial charge in [0.05, 0.1) is 0 Å². The normalized spacial score (nSPS) is 10.3. The molecule has 0 spiro atoms. The summed E-state index contributed by atoms with van der Waals surface area (Å²) in [6.07, 6.45) is 1.52. The predicted octanol–water partition coefficient (Wildman–Crippen LogP) is 2.01. The zero-order valence-electron chi connectivity index (χ0n) is 8.43. The number of phenols is 1. The first kappa shape index (κ1) is 10.4. The molecule has 0 aliphatic heterocycles. The molecule has 0 aliphatic rings. The zero-order valence-corrected chi connectivity index (χ0v) is 8.43. The largest absolute Gasteiger partial charge is 0.508 e. The second-order valence-corrected chi connectivity index (χ2v) is 3.39. The van der Waals surface area contributed by atoms with Gasteiger partial charge in [0.2, 0.25) is 0 Å². The van der Waals surface area contributed by atoms with Gasteiger partial charge >= 0.3 is 0 Å². The maximum atomic E-state index is 12.3. The molecule has 16 heavy (non-hydrogen) atoms. The van der Waals surface area contributed by atoms with E-state index < -0.39 is 6.67 Å². The fourth-order valence-corrected chi connectivity index (χ4v) is 1.43. The molecule has 0 atom stereocenters. The molecule has 2 aromatic rings. The Balaban J connectivity index is 2.48. The lowest BCUT2D eigenvalue weighted by atomic mass is 10.2. The highest BCUT2D eigenvalue weighted by atomic mass is 19.1. The van der Waals surface area contributed by atoms with E-state index in [0.717, 1.165) is 0 Å². The fraction of sp³-hybridized carbons (Fsp3) is 0.0833. The molecule has 4 heteroatoms. The van der Waals surface area contributed by atoms with Crippen LogP contribution in [0, 0.1) is 0 Å². The fourth-order valence-electron chi connectivity index (χ4n) is 1.43. The Morgan fingerprint density at radius 2 is 1.88 bits per heavy atom. The van der Waals surface area contributed by atoms with Crippen LogP contribution in [0.2, 0.25) is 0 Å². The van der Waals surface area contributed by atoms with E-state index in [9.17, 15) is 9.18 Å². The van der Waals surface area contributed by atoms with Crippen molar-refractivity contribution in [2.24, 2.45) is 0 Å². The van der Waals surface area contributed by atoms with Gasteiger partial charge in [-0.15, -0.1) is 0 Å². The molecule has 0 radical (unpaired) electrons. The monoisotopic (exact) mass is 219 g/mol. The highest BCUT2D eigenvalue weighted by Gasteiger charge is 2.00. The molecule has 0 aliphatic carbocycles. The van der Waals surface area contributed by atoms with Crippen molar-refractivity contribution in [1.29, 1.82) is 0 Å². The van der Waals surface area contributed by atoms with Crippen molar-refractivity contribution in [3.05, 3.63) is 58.5 Å². The van der Waals surface area contributed by atoms with Gasteiger partial charge in [-0.1, -0.05) is 0 Å². The second-order valence-electron chi connectivity index (χ2n) is 3.39.